The van der Waals surface area contributed by atoms with Gasteiger partial charge in [0, 0.05) is 31.4 Å². The summed E-state index contributed by atoms with van der Waals surface area (Å²) in [5.74, 6) is 0.206. The number of hydrogen-bond acceptors (Lipinski definition) is 8. The maximum Gasteiger partial charge on any atom is 0.414 e. The van der Waals surface area contributed by atoms with Crippen molar-refractivity contribution < 1.29 is 24.2 Å². The predicted molar refractivity (Wildman–Crippen MR) is 147 cm³/mol. The number of nitrogens with zero attached hydrogens (tertiary/aromatic N) is 2. The summed E-state index contributed by atoms with van der Waals surface area (Å²) < 4.78 is 13.3. The zero-order chi connectivity index (χ0) is 27.2. The van der Waals surface area contributed by atoms with E-state index in [-0.39, 0.29) is 30.1 Å². The average Bonchev–Trinajstić information content (AvgIpc) is 3.49. The Morgan fingerprint density at radius 3 is 2.66 bits per heavy atom. The fraction of sp³-hybridized carbons (Fsp3) is 0.370. The lowest BCUT2D eigenvalue weighted by molar-refractivity contribution is 0.0943. The lowest BCUT2D eigenvalue weighted by atomic mass is 10.1. The Labute approximate surface area is 229 Å². The first-order chi connectivity index (χ1) is 18.3. The Bertz CT molecular complexity index is 1350. The molecule has 4 rings (SSSR count). The van der Waals surface area contributed by atoms with Crippen molar-refractivity contribution in [2.24, 2.45) is 0 Å². The van der Waals surface area contributed by atoms with E-state index in [9.17, 15) is 14.4 Å². The third-order valence-corrected chi connectivity index (χ3v) is 7.45. The number of ketones is 1. The van der Waals surface area contributed by atoms with Gasteiger partial charge in [0.2, 0.25) is 0 Å². The molecule has 1 amide bonds. The first-order valence-electron chi connectivity index (χ1n) is 12.3. The molecule has 11 heteroatoms. The monoisotopic (exact) mass is 559 g/mol. The maximum absolute atomic E-state index is 13.1. The predicted octanol–water partition coefficient (Wildman–Crippen LogP) is 4.12. The number of aliphatic hydroxyl groups excluding tert-OH is 1. The second-order valence-electron chi connectivity index (χ2n) is 8.98. The fourth-order valence-corrected chi connectivity index (χ4v) is 5.44. The number of nitrogens with one attached hydrogen (secondary N) is 1. The second kappa shape index (κ2) is 12.6. The number of rotatable bonds is 12. The van der Waals surface area contributed by atoms with Crippen LogP contribution >= 0.6 is 22.9 Å². The highest BCUT2D eigenvalue weighted by Gasteiger charge is 2.33. The standard InChI is InChI=1S/C27H30ClN3O6S/c1-17-14-19(31-16-20(37-27(31)35)5-6-21(33)23-7-8-24(28)38-23)15-18(2)25(17)30-11-3-4-22(26(30)34)36-13-10-29-9-12-32/h3-4,7-8,11,14-15,20,29,32H,5-6,9-10,12-13,16H2,1-2H3/t20-/m0/s1. The Morgan fingerprint density at radius 1 is 1.21 bits per heavy atom. The van der Waals surface area contributed by atoms with E-state index in [0.717, 1.165) is 11.1 Å². The zero-order valence-electron chi connectivity index (χ0n) is 21.2. The number of carbonyl (C=O) groups is 2. The van der Waals surface area contributed by atoms with Crippen LogP contribution in [0.25, 0.3) is 5.69 Å². The number of amides is 1. The molecule has 1 fully saturated rings. The number of pyridine rings is 1. The molecule has 2 aromatic heterocycles. The number of anilines is 1. The van der Waals surface area contributed by atoms with E-state index in [1.54, 1.807) is 39.9 Å². The molecule has 0 bridgehead atoms. The van der Waals surface area contributed by atoms with Crippen LogP contribution in [0.2, 0.25) is 4.34 Å². The molecule has 2 N–H and O–H groups in total. The van der Waals surface area contributed by atoms with Crippen LogP contribution in [-0.4, -0.2) is 60.5 Å². The van der Waals surface area contributed by atoms with Crippen molar-refractivity contribution in [3.63, 3.8) is 0 Å². The summed E-state index contributed by atoms with van der Waals surface area (Å²) in [5.41, 5.74) is 2.72. The van der Waals surface area contributed by atoms with Gasteiger partial charge in [-0.3, -0.25) is 19.1 Å². The molecule has 1 atom stereocenters. The van der Waals surface area contributed by atoms with E-state index in [2.05, 4.69) is 5.32 Å². The summed E-state index contributed by atoms with van der Waals surface area (Å²) in [4.78, 5) is 40.3. The van der Waals surface area contributed by atoms with Crippen LogP contribution in [0.3, 0.4) is 0 Å². The summed E-state index contributed by atoms with van der Waals surface area (Å²) in [7, 11) is 0. The van der Waals surface area contributed by atoms with Gasteiger partial charge >= 0.3 is 6.09 Å². The highest BCUT2D eigenvalue weighted by Crippen LogP contribution is 2.30. The number of ether oxygens (including phenoxy) is 2. The smallest absolute Gasteiger partial charge is 0.414 e. The first kappa shape index (κ1) is 27.8. The number of aryl methyl sites for hydroxylation is 2. The van der Waals surface area contributed by atoms with E-state index in [0.29, 0.717) is 53.3 Å². The molecule has 0 spiro atoms. The quantitative estimate of drug-likeness (QED) is 0.254. The lowest BCUT2D eigenvalue weighted by Gasteiger charge is -2.19. The van der Waals surface area contributed by atoms with E-state index in [4.69, 9.17) is 26.2 Å². The number of Topliss-reactive ketones (excluding diaryl/α,β-unsaturated/α-hetero) is 1. The van der Waals surface area contributed by atoms with Crippen LogP contribution in [0.1, 0.15) is 33.6 Å². The van der Waals surface area contributed by atoms with Crippen molar-refractivity contribution in [2.75, 3.05) is 37.7 Å². The van der Waals surface area contributed by atoms with E-state index in [1.807, 2.05) is 26.0 Å². The molecular formula is C27H30ClN3O6S. The van der Waals surface area contributed by atoms with Gasteiger partial charge in [-0.1, -0.05) is 11.6 Å². The average molecular weight is 560 g/mol. The number of cyclic esters (lactones) is 1. The van der Waals surface area contributed by atoms with Crippen molar-refractivity contribution in [1.82, 2.24) is 9.88 Å². The number of aromatic nitrogens is 1. The van der Waals surface area contributed by atoms with Gasteiger partial charge < -0.3 is 19.9 Å². The van der Waals surface area contributed by atoms with Crippen LogP contribution in [0.4, 0.5) is 10.5 Å². The summed E-state index contributed by atoms with van der Waals surface area (Å²) in [5, 5.41) is 11.8. The van der Waals surface area contributed by atoms with Crippen LogP contribution in [-0.2, 0) is 4.74 Å². The summed E-state index contributed by atoms with van der Waals surface area (Å²) in [6, 6.07) is 10.5. The summed E-state index contributed by atoms with van der Waals surface area (Å²) >= 11 is 7.16. The minimum atomic E-state index is -0.462. The maximum atomic E-state index is 13.1. The number of thiophene rings is 1. The van der Waals surface area contributed by atoms with Crippen molar-refractivity contribution >= 4 is 40.5 Å². The Kier molecular flexibility index (Phi) is 9.22. The van der Waals surface area contributed by atoms with Gasteiger partial charge in [0.15, 0.2) is 11.5 Å². The number of benzene rings is 1. The molecule has 1 saturated heterocycles. The summed E-state index contributed by atoms with van der Waals surface area (Å²) in [6.07, 6.45) is 1.51. The number of aliphatic hydroxyl groups is 1. The molecule has 202 valence electrons. The van der Waals surface area contributed by atoms with Gasteiger partial charge in [0.05, 0.1) is 28.1 Å². The lowest BCUT2D eigenvalue weighted by Crippen LogP contribution is -2.27. The molecule has 1 aliphatic heterocycles. The Morgan fingerprint density at radius 2 is 1.97 bits per heavy atom. The normalized spacial score (nSPS) is 15.1. The Hall–Kier alpha value is -3.18. The van der Waals surface area contributed by atoms with Crippen molar-refractivity contribution in [3.05, 3.63) is 73.3 Å². The van der Waals surface area contributed by atoms with Gasteiger partial charge in [-0.15, -0.1) is 11.3 Å². The molecule has 1 aliphatic rings. The van der Waals surface area contributed by atoms with Crippen LogP contribution < -0.4 is 20.5 Å². The van der Waals surface area contributed by atoms with Gasteiger partial charge in [-0.2, -0.15) is 0 Å². The largest absolute Gasteiger partial charge is 0.487 e. The van der Waals surface area contributed by atoms with Crippen LogP contribution in [0, 0.1) is 13.8 Å². The van der Waals surface area contributed by atoms with Gasteiger partial charge in [-0.25, -0.2) is 4.79 Å². The van der Waals surface area contributed by atoms with Crippen LogP contribution in [0.15, 0.2) is 47.4 Å². The number of hydrogen-bond donors (Lipinski definition) is 2. The highest BCUT2D eigenvalue weighted by molar-refractivity contribution is 7.18. The molecule has 38 heavy (non-hydrogen) atoms. The Balaban J connectivity index is 1.45. The van der Waals surface area contributed by atoms with Crippen molar-refractivity contribution in [2.45, 2.75) is 32.8 Å². The van der Waals surface area contributed by atoms with Crippen LogP contribution in [0.5, 0.6) is 5.75 Å². The van der Waals surface area contributed by atoms with E-state index < -0.39 is 12.2 Å². The minimum absolute atomic E-state index is 0.0227. The summed E-state index contributed by atoms with van der Waals surface area (Å²) in [6.45, 7) is 5.40. The fourth-order valence-electron chi connectivity index (χ4n) is 4.43. The minimum Gasteiger partial charge on any atom is -0.487 e. The van der Waals surface area contributed by atoms with Crippen molar-refractivity contribution in [1.29, 1.82) is 0 Å². The molecule has 0 unspecified atom stereocenters. The number of carbonyl (C=O) groups excluding carboxylic acids is 2. The molecular weight excluding hydrogens is 530 g/mol. The molecule has 9 nitrogen and oxygen atoms in total. The molecule has 0 radical (unpaired) electrons. The second-order valence-corrected chi connectivity index (χ2v) is 10.7. The van der Waals surface area contributed by atoms with Gasteiger partial charge in [-0.05, 0) is 67.8 Å². The molecule has 0 aliphatic carbocycles. The SMILES string of the molecule is Cc1cc(N2C[C@H](CCC(=O)c3ccc(Cl)s3)OC2=O)cc(C)c1-n1cccc(OCCNCCO)c1=O. The third kappa shape index (κ3) is 6.44. The van der Waals surface area contributed by atoms with E-state index >= 15 is 0 Å². The third-order valence-electron chi connectivity index (χ3n) is 6.18. The molecule has 1 aromatic carbocycles. The number of halogens is 1. The zero-order valence-corrected chi connectivity index (χ0v) is 22.8. The molecule has 3 heterocycles. The van der Waals surface area contributed by atoms with Crippen molar-refractivity contribution in [3.8, 4) is 11.4 Å². The molecule has 0 saturated carbocycles. The van der Waals surface area contributed by atoms with E-state index in [1.165, 1.54) is 11.3 Å². The van der Waals surface area contributed by atoms with Gasteiger partial charge in [0.25, 0.3) is 5.56 Å². The topological polar surface area (TPSA) is 110 Å². The van der Waals surface area contributed by atoms with Gasteiger partial charge in [0.1, 0.15) is 12.7 Å². The highest BCUT2D eigenvalue weighted by atomic mass is 35.5. The first-order valence-corrected chi connectivity index (χ1v) is 13.5. The molecule has 3 aromatic rings.